The van der Waals surface area contributed by atoms with Gasteiger partial charge in [0.2, 0.25) is 0 Å². The molecule has 1 fully saturated rings. The van der Waals surface area contributed by atoms with E-state index in [2.05, 4.69) is 17.6 Å². The van der Waals surface area contributed by atoms with Gasteiger partial charge in [0.25, 0.3) is 0 Å². The molecule has 0 unspecified atom stereocenters. The molecule has 0 bridgehead atoms. The molecule has 0 saturated heterocycles. The first-order chi connectivity index (χ1) is 9.56. The highest BCUT2D eigenvalue weighted by molar-refractivity contribution is 6.40. The van der Waals surface area contributed by atoms with E-state index in [0.717, 1.165) is 19.3 Å². The second-order valence-corrected chi connectivity index (χ2v) is 5.74. The Balaban J connectivity index is 1.90. The van der Waals surface area contributed by atoms with Crippen molar-refractivity contribution in [3.05, 3.63) is 29.3 Å². The highest BCUT2D eigenvalue weighted by Crippen LogP contribution is 2.23. The molecule has 1 aromatic rings. The molecule has 1 aromatic carbocycles. The van der Waals surface area contributed by atoms with Gasteiger partial charge < -0.3 is 10.6 Å². The molecule has 2 atom stereocenters. The van der Waals surface area contributed by atoms with E-state index < -0.39 is 11.8 Å². The first-order valence-electron chi connectivity index (χ1n) is 6.93. The number of halogens is 1. The number of benzene rings is 1. The molecule has 2 N–H and O–H groups in total. The number of rotatable bonds is 2. The van der Waals surface area contributed by atoms with Gasteiger partial charge >= 0.3 is 11.8 Å². The number of hydrogen-bond donors (Lipinski definition) is 2. The molecule has 2 rings (SSSR count). The van der Waals surface area contributed by atoms with Crippen molar-refractivity contribution in [1.29, 1.82) is 0 Å². The van der Waals surface area contributed by atoms with Crippen LogP contribution in [0.3, 0.4) is 0 Å². The summed E-state index contributed by atoms with van der Waals surface area (Å²) in [4.78, 5) is 23.7. The van der Waals surface area contributed by atoms with Crippen LogP contribution >= 0.6 is 11.6 Å². The van der Waals surface area contributed by atoms with Crippen molar-refractivity contribution in [2.24, 2.45) is 5.92 Å². The Morgan fingerprint density at radius 1 is 1.20 bits per heavy atom. The van der Waals surface area contributed by atoms with E-state index in [9.17, 15) is 9.59 Å². The van der Waals surface area contributed by atoms with Gasteiger partial charge in [0, 0.05) is 16.8 Å². The summed E-state index contributed by atoms with van der Waals surface area (Å²) in [6.07, 6.45) is 4.34. The Morgan fingerprint density at radius 2 is 1.95 bits per heavy atom. The summed E-state index contributed by atoms with van der Waals surface area (Å²) in [5.74, 6) is -0.805. The van der Waals surface area contributed by atoms with Crippen LogP contribution in [0.4, 0.5) is 5.69 Å². The smallest absolute Gasteiger partial charge is 0.313 e. The lowest BCUT2D eigenvalue weighted by Gasteiger charge is -2.29. The summed E-state index contributed by atoms with van der Waals surface area (Å²) in [5.41, 5.74) is 0.523. The Kier molecular flexibility index (Phi) is 5.01. The Hall–Kier alpha value is -1.55. The first-order valence-corrected chi connectivity index (χ1v) is 7.31. The molecule has 20 heavy (non-hydrogen) atoms. The number of anilines is 1. The van der Waals surface area contributed by atoms with Crippen molar-refractivity contribution in [3.63, 3.8) is 0 Å². The zero-order valence-electron chi connectivity index (χ0n) is 11.5. The van der Waals surface area contributed by atoms with E-state index in [-0.39, 0.29) is 6.04 Å². The molecule has 0 radical (unpaired) electrons. The molecular weight excluding hydrogens is 276 g/mol. The summed E-state index contributed by atoms with van der Waals surface area (Å²) < 4.78 is 0. The fraction of sp³-hybridized carbons (Fsp3) is 0.467. The van der Waals surface area contributed by atoms with Crippen molar-refractivity contribution in [3.8, 4) is 0 Å². The molecule has 0 heterocycles. The van der Waals surface area contributed by atoms with Gasteiger partial charge in [-0.3, -0.25) is 9.59 Å². The summed E-state index contributed by atoms with van der Waals surface area (Å²) in [7, 11) is 0. The highest BCUT2D eigenvalue weighted by Gasteiger charge is 2.25. The summed E-state index contributed by atoms with van der Waals surface area (Å²) in [5, 5.41) is 5.89. The number of amides is 2. The molecule has 0 spiro atoms. The minimum atomic E-state index is -0.648. The van der Waals surface area contributed by atoms with Crippen LogP contribution in [0.5, 0.6) is 0 Å². The first kappa shape index (κ1) is 14.9. The van der Waals surface area contributed by atoms with E-state index in [0.29, 0.717) is 16.6 Å². The van der Waals surface area contributed by atoms with Crippen LogP contribution in [-0.4, -0.2) is 17.9 Å². The van der Waals surface area contributed by atoms with Gasteiger partial charge in [0.05, 0.1) is 0 Å². The second kappa shape index (κ2) is 6.75. The minimum Gasteiger partial charge on any atom is -0.345 e. The van der Waals surface area contributed by atoms with Crippen LogP contribution in [0, 0.1) is 5.92 Å². The SMILES string of the molecule is C[C@@H]1CCCC[C@H]1NC(=O)C(=O)Nc1cccc(Cl)c1. The molecule has 1 saturated carbocycles. The zero-order valence-corrected chi connectivity index (χ0v) is 12.2. The minimum absolute atomic E-state index is 0.0985. The van der Waals surface area contributed by atoms with E-state index in [1.165, 1.54) is 6.42 Å². The largest absolute Gasteiger partial charge is 0.345 e. The number of carbonyl (C=O) groups is 2. The number of nitrogens with one attached hydrogen (secondary N) is 2. The maximum atomic E-state index is 11.9. The quantitative estimate of drug-likeness (QED) is 0.824. The Morgan fingerprint density at radius 3 is 2.65 bits per heavy atom. The summed E-state index contributed by atoms with van der Waals surface area (Å²) in [6.45, 7) is 2.11. The average molecular weight is 295 g/mol. The number of carbonyl (C=O) groups excluding carboxylic acids is 2. The molecule has 1 aliphatic rings. The zero-order chi connectivity index (χ0) is 14.5. The third-order valence-electron chi connectivity index (χ3n) is 3.72. The van der Waals surface area contributed by atoms with E-state index in [4.69, 9.17) is 11.6 Å². The van der Waals surface area contributed by atoms with Gasteiger partial charge in [-0.1, -0.05) is 37.4 Å². The fourth-order valence-corrected chi connectivity index (χ4v) is 2.71. The summed E-state index contributed by atoms with van der Waals surface area (Å²) >= 11 is 5.83. The lowest BCUT2D eigenvalue weighted by Crippen LogP contribution is -2.45. The lowest BCUT2D eigenvalue weighted by molar-refractivity contribution is -0.137. The normalized spacial score (nSPS) is 22.1. The number of hydrogen-bond acceptors (Lipinski definition) is 2. The summed E-state index contributed by atoms with van der Waals surface area (Å²) in [6, 6.07) is 6.83. The van der Waals surface area contributed by atoms with Gasteiger partial charge in [0.15, 0.2) is 0 Å². The van der Waals surface area contributed by atoms with E-state index in [1.807, 2.05) is 0 Å². The van der Waals surface area contributed by atoms with Crippen molar-refractivity contribution >= 4 is 29.1 Å². The monoisotopic (exact) mass is 294 g/mol. The third kappa shape index (κ3) is 3.97. The van der Waals surface area contributed by atoms with Crippen molar-refractivity contribution in [1.82, 2.24) is 5.32 Å². The van der Waals surface area contributed by atoms with E-state index in [1.54, 1.807) is 24.3 Å². The maximum absolute atomic E-state index is 11.9. The van der Waals surface area contributed by atoms with Crippen LogP contribution in [0.2, 0.25) is 5.02 Å². The molecule has 0 aliphatic heterocycles. The van der Waals surface area contributed by atoms with Crippen LogP contribution in [0.15, 0.2) is 24.3 Å². The predicted octanol–water partition coefficient (Wildman–Crippen LogP) is 2.97. The highest BCUT2D eigenvalue weighted by atomic mass is 35.5. The topological polar surface area (TPSA) is 58.2 Å². The van der Waals surface area contributed by atoms with Gasteiger partial charge in [-0.2, -0.15) is 0 Å². The van der Waals surface area contributed by atoms with Gasteiger partial charge in [-0.15, -0.1) is 0 Å². The predicted molar refractivity (Wildman–Crippen MR) is 79.6 cm³/mol. The Labute approximate surface area is 123 Å². The van der Waals surface area contributed by atoms with Crippen LogP contribution in [-0.2, 0) is 9.59 Å². The molecule has 2 amide bonds. The molecule has 0 aromatic heterocycles. The van der Waals surface area contributed by atoms with E-state index >= 15 is 0 Å². The van der Waals surface area contributed by atoms with Crippen molar-refractivity contribution in [2.45, 2.75) is 38.6 Å². The lowest BCUT2D eigenvalue weighted by atomic mass is 9.86. The van der Waals surface area contributed by atoms with Crippen molar-refractivity contribution < 1.29 is 9.59 Å². The standard InChI is InChI=1S/C15H19ClN2O2/c1-10-5-2-3-8-13(10)18-15(20)14(19)17-12-7-4-6-11(16)9-12/h4,6-7,9-10,13H,2-3,5,8H2,1H3,(H,17,19)(H,18,20)/t10-,13-/m1/s1. The van der Waals surface area contributed by atoms with Gasteiger partial charge in [-0.25, -0.2) is 0 Å². The van der Waals surface area contributed by atoms with Gasteiger partial charge in [-0.05, 0) is 37.0 Å². The Bertz CT molecular complexity index is 504. The van der Waals surface area contributed by atoms with Crippen LogP contribution in [0.25, 0.3) is 0 Å². The van der Waals surface area contributed by atoms with Gasteiger partial charge in [0.1, 0.15) is 0 Å². The second-order valence-electron chi connectivity index (χ2n) is 5.31. The molecular formula is C15H19ClN2O2. The maximum Gasteiger partial charge on any atom is 0.313 e. The molecule has 4 nitrogen and oxygen atoms in total. The molecule has 5 heteroatoms. The third-order valence-corrected chi connectivity index (χ3v) is 3.95. The van der Waals surface area contributed by atoms with Crippen molar-refractivity contribution in [2.75, 3.05) is 5.32 Å². The van der Waals surface area contributed by atoms with Crippen LogP contribution in [0.1, 0.15) is 32.6 Å². The molecule has 108 valence electrons. The van der Waals surface area contributed by atoms with Crippen LogP contribution < -0.4 is 10.6 Å². The molecule has 1 aliphatic carbocycles. The fourth-order valence-electron chi connectivity index (χ4n) is 2.52. The average Bonchev–Trinajstić information content (AvgIpc) is 2.41.